The van der Waals surface area contributed by atoms with Crippen LogP contribution in [0.1, 0.15) is 28.4 Å². The van der Waals surface area contributed by atoms with Crippen molar-refractivity contribution >= 4 is 0 Å². The van der Waals surface area contributed by atoms with Crippen LogP contribution in [-0.4, -0.2) is 22.0 Å². The SMILES string of the molecule is COc1ccc(=O)n(CC(O)c2c(C)cc(C)cc2C)n1. The molecule has 0 amide bonds. The van der Waals surface area contributed by atoms with Crippen molar-refractivity contribution in [1.82, 2.24) is 9.78 Å². The van der Waals surface area contributed by atoms with Gasteiger partial charge in [0.15, 0.2) is 0 Å². The molecule has 0 spiro atoms. The van der Waals surface area contributed by atoms with E-state index in [1.54, 1.807) is 0 Å². The van der Waals surface area contributed by atoms with Gasteiger partial charge in [-0.25, -0.2) is 4.68 Å². The highest BCUT2D eigenvalue weighted by Gasteiger charge is 2.16. The second-order valence-corrected chi connectivity index (χ2v) is 5.22. The Bertz CT molecular complexity index is 684. The summed E-state index contributed by atoms with van der Waals surface area (Å²) in [6.07, 6.45) is -0.789. The van der Waals surface area contributed by atoms with Gasteiger partial charge in [-0.1, -0.05) is 17.7 Å². The van der Waals surface area contributed by atoms with Crippen LogP contribution in [0.15, 0.2) is 29.1 Å². The maximum absolute atomic E-state index is 11.8. The number of ether oxygens (including phenoxy) is 1. The topological polar surface area (TPSA) is 64.3 Å². The molecule has 5 nitrogen and oxygen atoms in total. The van der Waals surface area contributed by atoms with Gasteiger partial charge in [0.25, 0.3) is 5.56 Å². The third kappa shape index (κ3) is 3.31. The highest BCUT2D eigenvalue weighted by molar-refractivity contribution is 5.38. The third-order valence-corrected chi connectivity index (χ3v) is 3.47. The Kier molecular flexibility index (Phi) is 4.43. The average Bonchev–Trinajstić information content (AvgIpc) is 2.40. The van der Waals surface area contributed by atoms with Gasteiger partial charge < -0.3 is 9.84 Å². The minimum atomic E-state index is -0.789. The van der Waals surface area contributed by atoms with E-state index in [2.05, 4.69) is 5.10 Å². The van der Waals surface area contributed by atoms with Gasteiger partial charge in [0, 0.05) is 12.1 Å². The van der Waals surface area contributed by atoms with Crippen molar-refractivity contribution in [2.45, 2.75) is 33.4 Å². The van der Waals surface area contributed by atoms with Crippen LogP contribution in [0.4, 0.5) is 0 Å². The van der Waals surface area contributed by atoms with Crippen LogP contribution in [0.2, 0.25) is 0 Å². The van der Waals surface area contributed by atoms with E-state index in [0.29, 0.717) is 5.88 Å². The van der Waals surface area contributed by atoms with Crippen LogP contribution in [-0.2, 0) is 6.54 Å². The average molecular weight is 288 g/mol. The summed E-state index contributed by atoms with van der Waals surface area (Å²) in [5.74, 6) is 0.346. The first-order chi connectivity index (χ1) is 9.92. The molecule has 1 heterocycles. The zero-order valence-corrected chi connectivity index (χ0v) is 12.8. The monoisotopic (exact) mass is 288 g/mol. The molecule has 112 valence electrons. The molecule has 1 atom stereocenters. The third-order valence-electron chi connectivity index (χ3n) is 3.47. The van der Waals surface area contributed by atoms with Crippen LogP contribution >= 0.6 is 0 Å². The molecule has 1 N–H and O–H groups in total. The predicted octanol–water partition coefficient (Wildman–Crippen LogP) is 1.91. The molecule has 0 bridgehead atoms. The fraction of sp³-hybridized carbons (Fsp3) is 0.375. The molecule has 0 aliphatic carbocycles. The van der Waals surface area contributed by atoms with Gasteiger partial charge >= 0.3 is 0 Å². The number of benzene rings is 1. The van der Waals surface area contributed by atoms with Crippen molar-refractivity contribution in [3.05, 3.63) is 56.9 Å². The minimum Gasteiger partial charge on any atom is -0.480 e. The Morgan fingerprint density at radius 2 is 1.86 bits per heavy atom. The van der Waals surface area contributed by atoms with E-state index in [9.17, 15) is 9.90 Å². The first-order valence-electron chi connectivity index (χ1n) is 6.80. The fourth-order valence-electron chi connectivity index (χ4n) is 2.64. The standard InChI is InChI=1S/C16H20N2O3/c1-10-7-11(2)16(12(3)8-10)13(19)9-18-15(20)6-5-14(17-18)21-4/h5-8,13,19H,9H2,1-4H3. The Morgan fingerprint density at radius 1 is 1.24 bits per heavy atom. The van der Waals surface area contributed by atoms with E-state index in [1.807, 2.05) is 32.9 Å². The van der Waals surface area contributed by atoms with Gasteiger partial charge in [0.1, 0.15) is 0 Å². The Labute approximate surface area is 123 Å². The second kappa shape index (κ2) is 6.10. The van der Waals surface area contributed by atoms with Crippen molar-refractivity contribution in [2.75, 3.05) is 7.11 Å². The van der Waals surface area contributed by atoms with E-state index in [1.165, 1.54) is 23.9 Å². The number of hydrogen-bond donors (Lipinski definition) is 1. The summed E-state index contributed by atoms with van der Waals surface area (Å²) in [7, 11) is 1.49. The van der Waals surface area contributed by atoms with Gasteiger partial charge in [-0.15, -0.1) is 5.10 Å². The van der Waals surface area contributed by atoms with E-state index in [4.69, 9.17) is 4.74 Å². The Morgan fingerprint density at radius 3 is 2.43 bits per heavy atom. The molecule has 21 heavy (non-hydrogen) atoms. The highest BCUT2D eigenvalue weighted by atomic mass is 16.5. The molecule has 5 heteroatoms. The maximum Gasteiger partial charge on any atom is 0.267 e. The van der Waals surface area contributed by atoms with E-state index < -0.39 is 6.10 Å². The molecule has 1 aromatic heterocycles. The molecule has 0 fully saturated rings. The number of rotatable bonds is 4. The van der Waals surface area contributed by atoms with Gasteiger partial charge in [-0.05, 0) is 37.5 Å². The Hall–Kier alpha value is -2.14. The molecule has 0 saturated carbocycles. The van der Waals surface area contributed by atoms with E-state index in [-0.39, 0.29) is 12.1 Å². The number of aliphatic hydroxyl groups excluding tert-OH is 1. The molecular weight excluding hydrogens is 268 g/mol. The zero-order valence-electron chi connectivity index (χ0n) is 12.8. The fourth-order valence-corrected chi connectivity index (χ4v) is 2.64. The molecular formula is C16H20N2O3. The van der Waals surface area contributed by atoms with Crippen molar-refractivity contribution in [3.63, 3.8) is 0 Å². The molecule has 2 aromatic rings. The summed E-state index contributed by atoms with van der Waals surface area (Å²) in [6, 6.07) is 6.93. The molecule has 0 aliphatic heterocycles. The van der Waals surface area contributed by atoms with Crippen molar-refractivity contribution in [2.24, 2.45) is 0 Å². The molecule has 0 aliphatic rings. The molecule has 2 rings (SSSR count). The van der Waals surface area contributed by atoms with Gasteiger partial charge in [-0.2, -0.15) is 0 Å². The van der Waals surface area contributed by atoms with Crippen LogP contribution in [0.3, 0.4) is 0 Å². The lowest BCUT2D eigenvalue weighted by atomic mass is 9.95. The van der Waals surface area contributed by atoms with Crippen molar-refractivity contribution in [3.8, 4) is 5.88 Å². The second-order valence-electron chi connectivity index (χ2n) is 5.22. The normalized spacial score (nSPS) is 12.2. The van der Waals surface area contributed by atoms with Gasteiger partial charge in [0.2, 0.25) is 5.88 Å². The summed E-state index contributed by atoms with van der Waals surface area (Å²) in [5.41, 5.74) is 3.75. The largest absolute Gasteiger partial charge is 0.480 e. The van der Waals surface area contributed by atoms with E-state index in [0.717, 1.165) is 22.3 Å². The lowest BCUT2D eigenvalue weighted by Gasteiger charge is -2.18. The van der Waals surface area contributed by atoms with Crippen LogP contribution in [0, 0.1) is 20.8 Å². The number of methoxy groups -OCH3 is 1. The predicted molar refractivity (Wildman–Crippen MR) is 80.7 cm³/mol. The molecule has 1 unspecified atom stereocenters. The van der Waals surface area contributed by atoms with Gasteiger partial charge in [-0.3, -0.25) is 4.79 Å². The summed E-state index contributed by atoms with van der Waals surface area (Å²) >= 11 is 0. The Balaban J connectivity index is 2.34. The number of aliphatic hydroxyl groups is 1. The number of nitrogens with zero attached hydrogens (tertiary/aromatic N) is 2. The minimum absolute atomic E-state index is 0.0980. The number of aromatic nitrogens is 2. The van der Waals surface area contributed by atoms with Crippen LogP contribution < -0.4 is 10.3 Å². The zero-order chi connectivity index (χ0) is 15.6. The lowest BCUT2D eigenvalue weighted by Crippen LogP contribution is -2.25. The quantitative estimate of drug-likeness (QED) is 0.933. The van der Waals surface area contributed by atoms with Gasteiger partial charge in [0.05, 0.1) is 19.8 Å². The first-order valence-corrected chi connectivity index (χ1v) is 6.80. The number of aryl methyl sites for hydroxylation is 3. The highest BCUT2D eigenvalue weighted by Crippen LogP contribution is 2.24. The summed E-state index contributed by atoms with van der Waals surface area (Å²) in [5, 5.41) is 14.5. The maximum atomic E-state index is 11.8. The smallest absolute Gasteiger partial charge is 0.267 e. The summed E-state index contributed by atoms with van der Waals surface area (Å²) in [6.45, 7) is 6.03. The first kappa shape index (κ1) is 15.3. The number of hydrogen-bond acceptors (Lipinski definition) is 4. The molecule has 0 radical (unpaired) electrons. The van der Waals surface area contributed by atoms with Crippen LogP contribution in [0.25, 0.3) is 0 Å². The summed E-state index contributed by atoms with van der Waals surface area (Å²) < 4.78 is 6.23. The van der Waals surface area contributed by atoms with E-state index >= 15 is 0 Å². The molecule has 0 saturated heterocycles. The lowest BCUT2D eigenvalue weighted by molar-refractivity contribution is 0.146. The molecule has 1 aromatic carbocycles. The van der Waals surface area contributed by atoms with Crippen molar-refractivity contribution < 1.29 is 9.84 Å². The van der Waals surface area contributed by atoms with Crippen LogP contribution in [0.5, 0.6) is 5.88 Å². The summed E-state index contributed by atoms with van der Waals surface area (Å²) in [4.78, 5) is 11.8. The van der Waals surface area contributed by atoms with Crippen molar-refractivity contribution in [1.29, 1.82) is 0 Å².